The highest BCUT2D eigenvalue weighted by Crippen LogP contribution is 2.25. The van der Waals surface area contributed by atoms with Gasteiger partial charge < -0.3 is 4.57 Å². The highest BCUT2D eigenvalue weighted by Gasteiger charge is 2.20. The van der Waals surface area contributed by atoms with Crippen molar-refractivity contribution in [1.29, 1.82) is 0 Å². The number of hydrogen-bond donors (Lipinski definition) is 2. The Hall–Kier alpha value is -1.66. The number of nitrogens with two attached hydrogens (primary N) is 1. The van der Waals surface area contributed by atoms with Crippen LogP contribution in [0.2, 0.25) is 0 Å². The number of nitrogens with zero attached hydrogens (tertiary/aromatic N) is 2. The first-order chi connectivity index (χ1) is 9.70. The van der Waals surface area contributed by atoms with E-state index in [4.69, 9.17) is 5.84 Å². The Labute approximate surface area is 121 Å². The summed E-state index contributed by atoms with van der Waals surface area (Å²) >= 11 is 1.42. The van der Waals surface area contributed by atoms with Gasteiger partial charge in [-0.05, 0) is 49.6 Å². The molecule has 0 saturated carbocycles. The Bertz CT molecular complexity index is 644. The number of carbonyl (C=O) groups excluding carboxylic acids is 1. The number of nitrogens with one attached hydrogen (secondary N) is 1. The zero-order valence-electron chi connectivity index (χ0n) is 11.5. The van der Waals surface area contributed by atoms with E-state index < -0.39 is 0 Å². The number of amides is 1. The monoisotopic (exact) mass is 290 g/mol. The fraction of sp³-hybridized carbons (Fsp3) is 0.429. The fourth-order valence-electron chi connectivity index (χ4n) is 2.84. The topological polar surface area (TPSA) is 72.9 Å². The van der Waals surface area contributed by atoms with Crippen LogP contribution in [-0.2, 0) is 19.4 Å². The molecule has 3 rings (SSSR count). The van der Waals surface area contributed by atoms with E-state index in [1.165, 1.54) is 35.6 Å². The van der Waals surface area contributed by atoms with Crippen LogP contribution >= 0.6 is 11.3 Å². The van der Waals surface area contributed by atoms with Gasteiger partial charge in [-0.2, -0.15) is 0 Å². The summed E-state index contributed by atoms with van der Waals surface area (Å²) in [7, 11) is 0. The van der Waals surface area contributed by atoms with Gasteiger partial charge in [0.15, 0.2) is 0 Å². The standard InChI is InChI=1S/C14H18N4OS/c1-9-16-11-4-2-3-5-12(11)18(9)8-10-6-7-20-13(10)14(19)17-15/h6-7H,2-5,8,15H2,1H3,(H,17,19). The molecule has 1 amide bonds. The second-order valence-corrected chi connectivity index (χ2v) is 6.01. The smallest absolute Gasteiger partial charge is 0.275 e. The Balaban J connectivity index is 1.94. The maximum Gasteiger partial charge on any atom is 0.275 e. The summed E-state index contributed by atoms with van der Waals surface area (Å²) in [5.74, 6) is 6.04. The van der Waals surface area contributed by atoms with Crippen LogP contribution < -0.4 is 11.3 Å². The average molecular weight is 290 g/mol. The van der Waals surface area contributed by atoms with E-state index in [1.54, 1.807) is 0 Å². The van der Waals surface area contributed by atoms with E-state index in [1.807, 2.05) is 18.4 Å². The molecule has 0 saturated heterocycles. The minimum atomic E-state index is -0.221. The molecule has 0 atom stereocenters. The molecule has 1 aliphatic rings. The molecular formula is C14H18N4OS. The number of imidazole rings is 1. The van der Waals surface area contributed by atoms with Gasteiger partial charge in [-0.1, -0.05) is 0 Å². The normalized spacial score (nSPS) is 14.1. The summed E-state index contributed by atoms with van der Waals surface area (Å²) in [5.41, 5.74) is 5.78. The van der Waals surface area contributed by atoms with Gasteiger partial charge in [0.2, 0.25) is 0 Å². The Morgan fingerprint density at radius 2 is 2.30 bits per heavy atom. The van der Waals surface area contributed by atoms with Gasteiger partial charge in [-0.3, -0.25) is 10.2 Å². The van der Waals surface area contributed by atoms with Gasteiger partial charge in [-0.15, -0.1) is 11.3 Å². The van der Waals surface area contributed by atoms with E-state index in [0.29, 0.717) is 11.4 Å². The third-order valence-corrected chi connectivity index (χ3v) is 4.79. The van der Waals surface area contributed by atoms with E-state index in [-0.39, 0.29) is 5.91 Å². The average Bonchev–Trinajstić information content (AvgIpc) is 3.04. The Morgan fingerprint density at radius 3 is 3.10 bits per heavy atom. The molecule has 2 heterocycles. The van der Waals surface area contributed by atoms with Gasteiger partial charge in [0.25, 0.3) is 5.91 Å². The number of rotatable bonds is 3. The van der Waals surface area contributed by atoms with Crippen LogP contribution in [0.15, 0.2) is 11.4 Å². The number of fused-ring (bicyclic) bond motifs is 1. The summed E-state index contributed by atoms with van der Waals surface area (Å²) < 4.78 is 2.24. The zero-order chi connectivity index (χ0) is 14.1. The van der Waals surface area contributed by atoms with Crippen molar-refractivity contribution in [2.75, 3.05) is 0 Å². The van der Waals surface area contributed by atoms with Crippen molar-refractivity contribution in [1.82, 2.24) is 15.0 Å². The van der Waals surface area contributed by atoms with Gasteiger partial charge in [0.05, 0.1) is 17.1 Å². The molecule has 0 fully saturated rings. The van der Waals surface area contributed by atoms with E-state index in [9.17, 15) is 4.79 Å². The molecule has 3 N–H and O–H groups in total. The number of aryl methyl sites for hydroxylation is 2. The largest absolute Gasteiger partial charge is 0.328 e. The predicted molar refractivity (Wildman–Crippen MR) is 78.7 cm³/mol. The van der Waals surface area contributed by atoms with Crippen molar-refractivity contribution in [2.45, 2.75) is 39.2 Å². The molecule has 0 aromatic carbocycles. The lowest BCUT2D eigenvalue weighted by Crippen LogP contribution is -2.30. The van der Waals surface area contributed by atoms with Crippen molar-refractivity contribution < 1.29 is 4.79 Å². The summed E-state index contributed by atoms with van der Waals surface area (Å²) in [4.78, 5) is 17.1. The quantitative estimate of drug-likeness (QED) is 0.514. The van der Waals surface area contributed by atoms with Crippen LogP contribution in [0.25, 0.3) is 0 Å². The van der Waals surface area contributed by atoms with Gasteiger partial charge in [0, 0.05) is 5.69 Å². The number of aromatic nitrogens is 2. The zero-order valence-corrected chi connectivity index (χ0v) is 12.3. The van der Waals surface area contributed by atoms with Crippen LogP contribution in [0.3, 0.4) is 0 Å². The van der Waals surface area contributed by atoms with E-state index >= 15 is 0 Å². The van der Waals surface area contributed by atoms with Crippen LogP contribution in [0.4, 0.5) is 0 Å². The van der Waals surface area contributed by atoms with Crippen molar-refractivity contribution >= 4 is 17.2 Å². The number of nitrogen functional groups attached to an aromatic ring is 1. The van der Waals surface area contributed by atoms with Crippen LogP contribution in [0.5, 0.6) is 0 Å². The summed E-state index contributed by atoms with van der Waals surface area (Å²) in [6.07, 6.45) is 4.60. The highest BCUT2D eigenvalue weighted by atomic mass is 32.1. The van der Waals surface area contributed by atoms with Crippen molar-refractivity contribution in [3.05, 3.63) is 39.1 Å². The van der Waals surface area contributed by atoms with E-state index in [2.05, 4.69) is 15.0 Å². The number of hydrogen-bond acceptors (Lipinski definition) is 4. The van der Waals surface area contributed by atoms with Crippen molar-refractivity contribution in [3.8, 4) is 0 Å². The van der Waals surface area contributed by atoms with E-state index in [0.717, 1.165) is 24.2 Å². The first-order valence-corrected chi connectivity index (χ1v) is 7.71. The second-order valence-electron chi connectivity index (χ2n) is 5.09. The number of carbonyl (C=O) groups is 1. The summed E-state index contributed by atoms with van der Waals surface area (Å²) in [6.45, 7) is 2.73. The van der Waals surface area contributed by atoms with Gasteiger partial charge >= 0.3 is 0 Å². The fourth-order valence-corrected chi connectivity index (χ4v) is 3.66. The second kappa shape index (κ2) is 5.38. The van der Waals surface area contributed by atoms with Crippen molar-refractivity contribution in [2.24, 2.45) is 5.84 Å². The molecule has 20 heavy (non-hydrogen) atoms. The molecule has 0 aliphatic heterocycles. The molecule has 1 aliphatic carbocycles. The van der Waals surface area contributed by atoms with Crippen LogP contribution in [-0.4, -0.2) is 15.5 Å². The van der Waals surface area contributed by atoms with Crippen molar-refractivity contribution in [3.63, 3.8) is 0 Å². The molecule has 0 unspecified atom stereocenters. The summed E-state index contributed by atoms with van der Waals surface area (Å²) in [6, 6.07) is 1.99. The highest BCUT2D eigenvalue weighted by molar-refractivity contribution is 7.12. The molecule has 5 nitrogen and oxygen atoms in total. The molecule has 6 heteroatoms. The molecule has 0 bridgehead atoms. The van der Waals surface area contributed by atoms with Gasteiger partial charge in [0.1, 0.15) is 5.82 Å². The summed E-state index contributed by atoms with van der Waals surface area (Å²) in [5, 5.41) is 1.93. The minimum absolute atomic E-state index is 0.221. The first-order valence-electron chi connectivity index (χ1n) is 6.83. The maximum absolute atomic E-state index is 11.7. The number of thiophene rings is 1. The molecule has 0 spiro atoms. The third kappa shape index (κ3) is 2.25. The SMILES string of the molecule is Cc1nc2c(n1Cc1ccsc1C(=O)NN)CCCC2. The Kier molecular flexibility index (Phi) is 3.58. The lowest BCUT2D eigenvalue weighted by molar-refractivity contribution is 0.0956. The molecular weight excluding hydrogens is 272 g/mol. The predicted octanol–water partition coefficient (Wildman–Crippen LogP) is 1.78. The molecule has 106 valence electrons. The lowest BCUT2D eigenvalue weighted by atomic mass is 10.0. The molecule has 2 aromatic rings. The van der Waals surface area contributed by atoms with Gasteiger partial charge in [-0.25, -0.2) is 10.8 Å². The molecule has 0 radical (unpaired) electrons. The lowest BCUT2D eigenvalue weighted by Gasteiger charge is -2.15. The first kappa shape index (κ1) is 13.3. The maximum atomic E-state index is 11.7. The third-order valence-electron chi connectivity index (χ3n) is 3.84. The van der Waals surface area contributed by atoms with Crippen LogP contribution in [0.1, 0.15) is 45.3 Å². The Morgan fingerprint density at radius 1 is 1.50 bits per heavy atom. The van der Waals surface area contributed by atoms with Crippen LogP contribution in [0, 0.1) is 6.92 Å². The number of hydrazine groups is 1. The minimum Gasteiger partial charge on any atom is -0.328 e. The molecule has 2 aromatic heterocycles.